The molecule has 0 aliphatic heterocycles. The fraction of sp³-hybridized carbons (Fsp3) is 0.778. The molecule has 0 radical (unpaired) electrons. The van der Waals surface area contributed by atoms with E-state index >= 15 is 0 Å². The second-order valence-electron chi connectivity index (χ2n) is 3.39. The summed E-state index contributed by atoms with van der Waals surface area (Å²) >= 11 is 0. The lowest BCUT2D eigenvalue weighted by Crippen LogP contribution is -2.38. The van der Waals surface area contributed by atoms with Crippen LogP contribution < -0.4 is 5.32 Å². The summed E-state index contributed by atoms with van der Waals surface area (Å²) in [5.41, 5.74) is 0. The first-order chi connectivity index (χ1) is 5.97. The first-order valence-electron chi connectivity index (χ1n) is 4.37. The van der Waals surface area contributed by atoms with Gasteiger partial charge in [0.05, 0.1) is 6.42 Å². The van der Waals surface area contributed by atoms with Gasteiger partial charge in [-0.2, -0.15) is 0 Å². The summed E-state index contributed by atoms with van der Waals surface area (Å²) in [5.74, 6) is -0.419. The predicted molar refractivity (Wildman–Crippen MR) is 49.2 cm³/mol. The Bertz CT molecular complexity index is 191. The topological polar surface area (TPSA) is 66.4 Å². The van der Waals surface area contributed by atoms with Gasteiger partial charge in [-0.05, 0) is 19.8 Å². The Morgan fingerprint density at radius 2 is 1.92 bits per heavy atom. The zero-order valence-corrected chi connectivity index (χ0v) is 8.33. The number of ketones is 1. The van der Waals surface area contributed by atoms with Gasteiger partial charge >= 0.3 is 0 Å². The number of carbonyl (C=O) groups is 2. The number of amides is 1. The van der Waals surface area contributed by atoms with E-state index in [0.717, 1.165) is 0 Å². The van der Waals surface area contributed by atoms with Gasteiger partial charge in [-0.1, -0.05) is 6.92 Å². The van der Waals surface area contributed by atoms with Crippen LogP contribution in [0.25, 0.3) is 0 Å². The number of aliphatic hydroxyl groups excluding tert-OH is 1. The molecule has 4 nitrogen and oxygen atoms in total. The lowest BCUT2D eigenvalue weighted by molar-refractivity contribution is -0.127. The van der Waals surface area contributed by atoms with Crippen LogP contribution in [0, 0.1) is 5.92 Å². The molecule has 2 atom stereocenters. The van der Waals surface area contributed by atoms with Crippen LogP contribution >= 0.6 is 0 Å². The van der Waals surface area contributed by atoms with Crippen molar-refractivity contribution in [3.8, 4) is 0 Å². The zero-order valence-electron chi connectivity index (χ0n) is 8.33. The highest BCUT2D eigenvalue weighted by Gasteiger charge is 2.14. The van der Waals surface area contributed by atoms with Crippen molar-refractivity contribution < 1.29 is 14.7 Å². The van der Waals surface area contributed by atoms with Crippen molar-refractivity contribution in [2.75, 3.05) is 6.61 Å². The minimum absolute atomic E-state index is 0.0101. The molecular weight excluding hydrogens is 170 g/mol. The van der Waals surface area contributed by atoms with Gasteiger partial charge in [-0.25, -0.2) is 0 Å². The number of aliphatic hydroxyl groups is 1. The first kappa shape index (κ1) is 12.1. The van der Waals surface area contributed by atoms with Crippen LogP contribution in [0.15, 0.2) is 0 Å². The second-order valence-corrected chi connectivity index (χ2v) is 3.39. The average molecular weight is 187 g/mol. The molecule has 0 saturated carbocycles. The highest BCUT2D eigenvalue weighted by molar-refractivity contribution is 5.96. The summed E-state index contributed by atoms with van der Waals surface area (Å²) in [4.78, 5) is 21.6. The Labute approximate surface area is 78.3 Å². The lowest BCUT2D eigenvalue weighted by atomic mass is 10.1. The van der Waals surface area contributed by atoms with Gasteiger partial charge in [0.1, 0.15) is 5.78 Å². The third kappa shape index (κ3) is 5.36. The molecule has 0 saturated heterocycles. The van der Waals surface area contributed by atoms with E-state index in [-0.39, 0.29) is 36.7 Å². The molecule has 76 valence electrons. The summed E-state index contributed by atoms with van der Waals surface area (Å²) in [5, 5.41) is 11.4. The van der Waals surface area contributed by atoms with Crippen molar-refractivity contribution >= 4 is 11.7 Å². The summed E-state index contributed by atoms with van der Waals surface area (Å²) in [6.45, 7) is 5.04. The Kier molecular flexibility index (Phi) is 5.30. The molecule has 2 N–H and O–H groups in total. The molecule has 0 aromatic heterocycles. The summed E-state index contributed by atoms with van der Waals surface area (Å²) in [6, 6.07) is -0.100. The van der Waals surface area contributed by atoms with Crippen molar-refractivity contribution in [2.45, 2.75) is 33.2 Å². The minimum atomic E-state index is -0.278. The summed E-state index contributed by atoms with van der Waals surface area (Å²) in [6.07, 6.45) is -0.0809. The third-order valence-electron chi connectivity index (χ3n) is 1.94. The molecule has 0 aromatic rings. The number of carbonyl (C=O) groups excluding carboxylic acids is 2. The molecule has 0 heterocycles. The van der Waals surface area contributed by atoms with E-state index in [2.05, 4.69) is 5.32 Å². The first-order valence-corrected chi connectivity index (χ1v) is 4.37. The van der Waals surface area contributed by atoms with E-state index in [1.165, 1.54) is 6.92 Å². The molecule has 0 spiro atoms. The van der Waals surface area contributed by atoms with E-state index in [4.69, 9.17) is 5.11 Å². The molecule has 0 rings (SSSR count). The zero-order chi connectivity index (χ0) is 10.4. The maximum Gasteiger partial charge on any atom is 0.227 e. The van der Waals surface area contributed by atoms with Crippen LogP contribution in [-0.2, 0) is 9.59 Å². The molecule has 4 heteroatoms. The van der Waals surface area contributed by atoms with Gasteiger partial charge in [0.2, 0.25) is 5.91 Å². The fourth-order valence-electron chi connectivity index (χ4n) is 0.831. The van der Waals surface area contributed by atoms with Crippen LogP contribution in [0.3, 0.4) is 0 Å². The summed E-state index contributed by atoms with van der Waals surface area (Å²) in [7, 11) is 0. The maximum absolute atomic E-state index is 11.1. The quantitative estimate of drug-likeness (QED) is 0.600. The number of nitrogens with one attached hydrogen (secondary N) is 1. The van der Waals surface area contributed by atoms with Crippen LogP contribution in [0.4, 0.5) is 0 Å². The molecule has 0 aliphatic carbocycles. The molecule has 0 fully saturated rings. The second kappa shape index (κ2) is 5.70. The van der Waals surface area contributed by atoms with Crippen molar-refractivity contribution in [1.29, 1.82) is 0 Å². The van der Waals surface area contributed by atoms with Gasteiger partial charge in [0.15, 0.2) is 0 Å². The molecule has 0 aromatic carbocycles. The third-order valence-corrected chi connectivity index (χ3v) is 1.94. The van der Waals surface area contributed by atoms with Crippen LogP contribution in [0.5, 0.6) is 0 Å². The van der Waals surface area contributed by atoms with Crippen molar-refractivity contribution in [2.24, 2.45) is 5.92 Å². The highest BCUT2D eigenvalue weighted by atomic mass is 16.3. The Hall–Kier alpha value is -0.900. The lowest BCUT2D eigenvalue weighted by Gasteiger charge is -2.18. The standard InChI is InChI=1S/C9H17NO3/c1-6(5-11)8(3)10-9(13)4-7(2)12/h6,8,11H,4-5H2,1-3H3,(H,10,13). The van der Waals surface area contributed by atoms with Gasteiger partial charge in [-0.15, -0.1) is 0 Å². The molecular formula is C9H17NO3. The molecule has 13 heavy (non-hydrogen) atoms. The maximum atomic E-state index is 11.1. The van der Waals surface area contributed by atoms with Crippen molar-refractivity contribution in [3.63, 3.8) is 0 Å². The van der Waals surface area contributed by atoms with Crippen LogP contribution in [-0.4, -0.2) is 29.4 Å². The predicted octanol–water partition coefficient (Wildman–Crippen LogP) is 0.0986. The average Bonchev–Trinajstić information content (AvgIpc) is 2.01. The van der Waals surface area contributed by atoms with Gasteiger partial charge < -0.3 is 10.4 Å². The van der Waals surface area contributed by atoms with E-state index in [9.17, 15) is 9.59 Å². The number of hydrogen-bond donors (Lipinski definition) is 2. The summed E-state index contributed by atoms with van der Waals surface area (Å²) < 4.78 is 0. The van der Waals surface area contributed by atoms with Crippen LogP contribution in [0.2, 0.25) is 0 Å². The van der Waals surface area contributed by atoms with Crippen molar-refractivity contribution in [3.05, 3.63) is 0 Å². The van der Waals surface area contributed by atoms with Gasteiger partial charge in [-0.3, -0.25) is 9.59 Å². The molecule has 0 bridgehead atoms. The fourth-order valence-corrected chi connectivity index (χ4v) is 0.831. The van der Waals surface area contributed by atoms with E-state index in [1.54, 1.807) is 6.92 Å². The Balaban J connectivity index is 3.84. The van der Waals surface area contributed by atoms with Crippen LogP contribution in [0.1, 0.15) is 27.2 Å². The Morgan fingerprint density at radius 1 is 1.38 bits per heavy atom. The molecule has 0 aliphatic rings. The largest absolute Gasteiger partial charge is 0.396 e. The molecule has 1 amide bonds. The van der Waals surface area contributed by atoms with Gasteiger partial charge in [0.25, 0.3) is 0 Å². The van der Waals surface area contributed by atoms with E-state index < -0.39 is 0 Å². The monoisotopic (exact) mass is 187 g/mol. The smallest absolute Gasteiger partial charge is 0.227 e. The van der Waals surface area contributed by atoms with E-state index in [0.29, 0.717) is 0 Å². The van der Waals surface area contributed by atoms with E-state index in [1.807, 2.05) is 6.92 Å². The minimum Gasteiger partial charge on any atom is -0.396 e. The van der Waals surface area contributed by atoms with Gasteiger partial charge in [0, 0.05) is 12.6 Å². The Morgan fingerprint density at radius 3 is 2.31 bits per heavy atom. The SMILES string of the molecule is CC(=O)CC(=O)NC(C)C(C)CO. The number of rotatable bonds is 5. The number of hydrogen-bond acceptors (Lipinski definition) is 3. The normalized spacial score (nSPS) is 14.8. The molecule has 2 unspecified atom stereocenters. The van der Waals surface area contributed by atoms with Crippen molar-refractivity contribution in [1.82, 2.24) is 5.32 Å². The highest BCUT2D eigenvalue weighted by Crippen LogP contribution is 2.00. The number of Topliss-reactive ketones (excluding diaryl/α,β-unsaturated/α-hetero) is 1.